The summed E-state index contributed by atoms with van der Waals surface area (Å²) in [6.45, 7) is 0.951. The molecule has 0 amide bonds. The van der Waals surface area contributed by atoms with E-state index in [0.717, 1.165) is 12.1 Å². The van der Waals surface area contributed by atoms with Crippen LogP contribution >= 0.6 is 0 Å². The summed E-state index contributed by atoms with van der Waals surface area (Å²) in [7, 11) is 0. The summed E-state index contributed by atoms with van der Waals surface area (Å²) in [6.07, 6.45) is -4.07. The average Bonchev–Trinajstić information content (AvgIpc) is 2.67. The van der Waals surface area contributed by atoms with Crippen molar-refractivity contribution in [1.82, 2.24) is 5.32 Å². The fraction of sp³-hybridized carbons (Fsp3) is 0.500. The van der Waals surface area contributed by atoms with E-state index >= 15 is 0 Å². The second kappa shape index (κ2) is 4.51. The SMILES string of the molecule is OC1(Cc2ccc(C(F)(F)F)cc2F)CCNC1. The normalized spacial score (nSPS) is 24.5. The van der Waals surface area contributed by atoms with Crippen LogP contribution in [0.25, 0.3) is 0 Å². The number of aliphatic hydroxyl groups is 1. The summed E-state index contributed by atoms with van der Waals surface area (Å²) in [6, 6.07) is 2.40. The van der Waals surface area contributed by atoms with Gasteiger partial charge in [0.15, 0.2) is 0 Å². The van der Waals surface area contributed by atoms with Gasteiger partial charge in [-0.25, -0.2) is 4.39 Å². The molecular weight excluding hydrogens is 250 g/mol. The minimum absolute atomic E-state index is 0.0178. The number of alkyl halides is 3. The van der Waals surface area contributed by atoms with Gasteiger partial charge >= 0.3 is 6.18 Å². The zero-order valence-electron chi connectivity index (χ0n) is 9.52. The molecule has 100 valence electrons. The van der Waals surface area contributed by atoms with Crippen LogP contribution in [0.3, 0.4) is 0 Å². The van der Waals surface area contributed by atoms with Gasteiger partial charge in [-0.2, -0.15) is 13.2 Å². The van der Waals surface area contributed by atoms with E-state index in [1.165, 1.54) is 0 Å². The highest BCUT2D eigenvalue weighted by Crippen LogP contribution is 2.31. The Morgan fingerprint density at radius 3 is 2.56 bits per heavy atom. The zero-order valence-corrected chi connectivity index (χ0v) is 9.52. The minimum Gasteiger partial charge on any atom is -0.388 e. The van der Waals surface area contributed by atoms with Gasteiger partial charge in [0, 0.05) is 13.0 Å². The molecule has 0 aliphatic carbocycles. The number of hydrogen-bond acceptors (Lipinski definition) is 2. The number of hydrogen-bond donors (Lipinski definition) is 2. The van der Waals surface area contributed by atoms with E-state index in [0.29, 0.717) is 25.6 Å². The molecule has 1 aliphatic rings. The lowest BCUT2D eigenvalue weighted by molar-refractivity contribution is -0.137. The van der Waals surface area contributed by atoms with Crippen LogP contribution in [-0.4, -0.2) is 23.8 Å². The van der Waals surface area contributed by atoms with Gasteiger partial charge in [0.05, 0.1) is 11.2 Å². The Balaban J connectivity index is 2.20. The minimum atomic E-state index is -4.55. The standard InChI is InChI=1S/C12H13F4NO/c13-10-5-9(12(14,15)16)2-1-8(10)6-11(18)3-4-17-7-11/h1-2,5,17-18H,3-4,6-7H2. The van der Waals surface area contributed by atoms with Crippen molar-refractivity contribution >= 4 is 0 Å². The largest absolute Gasteiger partial charge is 0.416 e. The highest BCUT2D eigenvalue weighted by atomic mass is 19.4. The highest BCUT2D eigenvalue weighted by Gasteiger charge is 2.34. The molecule has 2 rings (SSSR count). The van der Waals surface area contributed by atoms with Gasteiger partial charge < -0.3 is 10.4 Å². The predicted molar refractivity (Wildman–Crippen MR) is 57.5 cm³/mol. The van der Waals surface area contributed by atoms with E-state index in [4.69, 9.17) is 0 Å². The third-order valence-corrected chi connectivity index (χ3v) is 3.12. The highest BCUT2D eigenvalue weighted by molar-refractivity contribution is 5.27. The molecule has 0 aromatic heterocycles. The van der Waals surface area contributed by atoms with Gasteiger partial charge in [-0.05, 0) is 30.7 Å². The Labute approximate surface area is 102 Å². The maximum absolute atomic E-state index is 13.6. The van der Waals surface area contributed by atoms with E-state index in [9.17, 15) is 22.7 Å². The molecule has 2 nitrogen and oxygen atoms in total. The van der Waals surface area contributed by atoms with E-state index < -0.39 is 23.2 Å². The zero-order chi connectivity index (χ0) is 13.4. The molecule has 1 aromatic rings. The van der Waals surface area contributed by atoms with Crippen LogP contribution in [0.2, 0.25) is 0 Å². The fourth-order valence-corrected chi connectivity index (χ4v) is 2.10. The molecule has 1 atom stereocenters. The molecule has 1 fully saturated rings. The molecule has 1 aliphatic heterocycles. The first kappa shape index (κ1) is 13.3. The average molecular weight is 263 g/mol. The Morgan fingerprint density at radius 2 is 2.06 bits per heavy atom. The van der Waals surface area contributed by atoms with Crippen LogP contribution in [0.5, 0.6) is 0 Å². The van der Waals surface area contributed by atoms with Crippen molar-refractivity contribution in [1.29, 1.82) is 0 Å². The number of nitrogens with one attached hydrogen (secondary N) is 1. The third kappa shape index (κ3) is 2.81. The topological polar surface area (TPSA) is 32.3 Å². The lowest BCUT2D eigenvalue weighted by atomic mass is 9.93. The van der Waals surface area contributed by atoms with Gasteiger partial charge in [0.25, 0.3) is 0 Å². The van der Waals surface area contributed by atoms with Crippen LogP contribution in [-0.2, 0) is 12.6 Å². The summed E-state index contributed by atoms with van der Waals surface area (Å²) < 4.78 is 50.6. The van der Waals surface area contributed by atoms with E-state index in [1.54, 1.807) is 0 Å². The van der Waals surface area contributed by atoms with Gasteiger partial charge in [0.2, 0.25) is 0 Å². The van der Waals surface area contributed by atoms with Crippen LogP contribution < -0.4 is 5.32 Å². The summed E-state index contributed by atoms with van der Waals surface area (Å²) >= 11 is 0. The van der Waals surface area contributed by atoms with Crippen LogP contribution in [0, 0.1) is 5.82 Å². The van der Waals surface area contributed by atoms with Crippen LogP contribution in [0.15, 0.2) is 18.2 Å². The summed E-state index contributed by atoms with van der Waals surface area (Å²) in [4.78, 5) is 0. The molecule has 0 bridgehead atoms. The van der Waals surface area contributed by atoms with E-state index in [1.807, 2.05) is 0 Å². The number of benzene rings is 1. The van der Waals surface area contributed by atoms with Crippen LogP contribution in [0.4, 0.5) is 17.6 Å². The summed E-state index contributed by atoms with van der Waals surface area (Å²) in [5.41, 5.74) is -1.98. The molecule has 18 heavy (non-hydrogen) atoms. The Hall–Kier alpha value is -1.14. The first-order valence-electron chi connectivity index (χ1n) is 5.59. The van der Waals surface area contributed by atoms with Crippen molar-refractivity contribution in [2.45, 2.75) is 24.6 Å². The molecule has 6 heteroatoms. The quantitative estimate of drug-likeness (QED) is 0.801. The maximum atomic E-state index is 13.6. The monoisotopic (exact) mass is 263 g/mol. The van der Waals surface area contributed by atoms with Crippen molar-refractivity contribution in [2.75, 3.05) is 13.1 Å². The second-order valence-electron chi connectivity index (χ2n) is 4.63. The lowest BCUT2D eigenvalue weighted by Gasteiger charge is -2.21. The van der Waals surface area contributed by atoms with Crippen molar-refractivity contribution in [3.05, 3.63) is 35.1 Å². The van der Waals surface area contributed by atoms with Crippen molar-refractivity contribution in [3.8, 4) is 0 Å². The summed E-state index contributed by atoms with van der Waals surface area (Å²) in [5, 5.41) is 13.0. The maximum Gasteiger partial charge on any atom is 0.416 e. The number of halogens is 4. The predicted octanol–water partition coefficient (Wildman–Crippen LogP) is 2.11. The molecule has 0 radical (unpaired) electrons. The first-order chi connectivity index (χ1) is 8.30. The number of rotatable bonds is 2. The molecule has 0 spiro atoms. The van der Waals surface area contributed by atoms with Crippen molar-refractivity contribution in [3.63, 3.8) is 0 Å². The van der Waals surface area contributed by atoms with Crippen molar-refractivity contribution < 1.29 is 22.7 Å². The van der Waals surface area contributed by atoms with E-state index in [2.05, 4.69) is 5.32 Å². The molecule has 0 saturated carbocycles. The molecular formula is C12H13F4NO. The fourth-order valence-electron chi connectivity index (χ4n) is 2.10. The summed E-state index contributed by atoms with van der Waals surface area (Å²) in [5.74, 6) is -0.926. The van der Waals surface area contributed by atoms with Crippen molar-refractivity contribution in [2.24, 2.45) is 0 Å². The number of β-amino-alcohol motifs (C(OH)–C–C–N with tert-alkyl or cyclic N) is 1. The molecule has 1 saturated heterocycles. The van der Waals surface area contributed by atoms with Gasteiger partial charge in [-0.15, -0.1) is 0 Å². The third-order valence-electron chi connectivity index (χ3n) is 3.12. The molecule has 1 heterocycles. The first-order valence-corrected chi connectivity index (χ1v) is 5.59. The lowest BCUT2D eigenvalue weighted by Crippen LogP contribution is -2.34. The molecule has 1 aromatic carbocycles. The van der Waals surface area contributed by atoms with Crippen LogP contribution in [0.1, 0.15) is 17.5 Å². The Bertz CT molecular complexity index is 438. The van der Waals surface area contributed by atoms with Gasteiger partial charge in [0.1, 0.15) is 5.82 Å². The van der Waals surface area contributed by atoms with Gasteiger partial charge in [-0.1, -0.05) is 6.07 Å². The van der Waals surface area contributed by atoms with E-state index in [-0.39, 0.29) is 12.0 Å². The molecule has 1 unspecified atom stereocenters. The molecule has 2 N–H and O–H groups in total. The Morgan fingerprint density at radius 1 is 1.33 bits per heavy atom. The second-order valence-corrected chi connectivity index (χ2v) is 4.63. The Kier molecular flexibility index (Phi) is 3.33. The van der Waals surface area contributed by atoms with Gasteiger partial charge in [-0.3, -0.25) is 0 Å². The smallest absolute Gasteiger partial charge is 0.388 e.